The molecule has 0 rings (SSSR count). The van der Waals surface area contributed by atoms with Crippen molar-refractivity contribution < 1.29 is 9.53 Å². The van der Waals surface area contributed by atoms with E-state index < -0.39 is 0 Å². The van der Waals surface area contributed by atoms with E-state index in [2.05, 4.69) is 20.8 Å². The predicted octanol–water partition coefficient (Wildman–Crippen LogP) is 17.0. The molecule has 0 fully saturated rings. The number of hydrogen-bond acceptors (Lipinski definition) is 2. The first-order chi connectivity index (χ1) is 23.7. The van der Waals surface area contributed by atoms with Crippen LogP contribution in [0.5, 0.6) is 0 Å². The van der Waals surface area contributed by atoms with E-state index in [0.717, 1.165) is 19.3 Å². The summed E-state index contributed by atoms with van der Waals surface area (Å²) in [7, 11) is 0. The first kappa shape index (κ1) is 47.5. The van der Waals surface area contributed by atoms with Gasteiger partial charge in [0.05, 0.1) is 0 Å². The van der Waals surface area contributed by atoms with Crippen molar-refractivity contribution in [2.24, 2.45) is 0 Å². The van der Waals surface area contributed by atoms with Gasteiger partial charge in [-0.1, -0.05) is 245 Å². The van der Waals surface area contributed by atoms with Crippen LogP contribution in [0.4, 0.5) is 0 Å². The van der Waals surface area contributed by atoms with Crippen molar-refractivity contribution in [3.63, 3.8) is 0 Å². The predicted molar refractivity (Wildman–Crippen MR) is 216 cm³/mol. The SMILES string of the molecule is CCCCCCCCCCCCCCCCCC(CCCCCCCCCCCCCC)OC(=O)CCCCCCCCCCCCC. The lowest BCUT2D eigenvalue weighted by molar-refractivity contribution is -0.150. The zero-order chi connectivity index (χ0) is 34.9. The van der Waals surface area contributed by atoms with Gasteiger partial charge in [-0.3, -0.25) is 4.79 Å². The molecule has 2 heteroatoms. The minimum absolute atomic E-state index is 0.0795. The van der Waals surface area contributed by atoms with Gasteiger partial charge in [0.25, 0.3) is 0 Å². The van der Waals surface area contributed by atoms with Crippen LogP contribution < -0.4 is 0 Å². The molecule has 0 radical (unpaired) electrons. The molecule has 1 unspecified atom stereocenters. The van der Waals surface area contributed by atoms with Gasteiger partial charge < -0.3 is 4.74 Å². The van der Waals surface area contributed by atoms with Crippen LogP contribution in [0.25, 0.3) is 0 Å². The van der Waals surface area contributed by atoms with E-state index in [0.29, 0.717) is 6.42 Å². The quantitative estimate of drug-likeness (QED) is 0.0475. The third-order valence-corrected chi connectivity index (χ3v) is 10.8. The molecule has 0 aromatic rings. The second kappa shape index (κ2) is 42.6. The Labute approximate surface area is 304 Å². The molecule has 48 heavy (non-hydrogen) atoms. The molecule has 0 aromatic carbocycles. The minimum Gasteiger partial charge on any atom is -0.462 e. The Hall–Kier alpha value is -0.530. The number of unbranched alkanes of at least 4 members (excludes halogenated alkanes) is 35. The summed E-state index contributed by atoms with van der Waals surface area (Å²) in [6.07, 6.45) is 55.1. The van der Waals surface area contributed by atoms with Crippen LogP contribution in [0.1, 0.15) is 284 Å². The molecule has 0 N–H and O–H groups in total. The summed E-state index contributed by atoms with van der Waals surface area (Å²) in [5.41, 5.74) is 0. The van der Waals surface area contributed by atoms with Crippen LogP contribution in [0.2, 0.25) is 0 Å². The summed E-state index contributed by atoms with van der Waals surface area (Å²) in [6.45, 7) is 6.89. The van der Waals surface area contributed by atoms with Crippen molar-refractivity contribution in [2.75, 3.05) is 0 Å². The van der Waals surface area contributed by atoms with Crippen LogP contribution >= 0.6 is 0 Å². The summed E-state index contributed by atoms with van der Waals surface area (Å²) in [5.74, 6) is 0.0795. The highest BCUT2D eigenvalue weighted by atomic mass is 16.5. The van der Waals surface area contributed by atoms with E-state index in [9.17, 15) is 4.79 Å². The van der Waals surface area contributed by atoms with Crippen LogP contribution in [0.15, 0.2) is 0 Å². The lowest BCUT2D eigenvalue weighted by atomic mass is 10.0. The topological polar surface area (TPSA) is 26.3 Å². The molecule has 0 spiro atoms. The molecule has 0 saturated carbocycles. The molecule has 288 valence electrons. The Morgan fingerprint density at radius 3 is 0.771 bits per heavy atom. The molecule has 0 aliphatic carbocycles. The molecule has 0 amide bonds. The fourth-order valence-corrected chi connectivity index (χ4v) is 7.40. The summed E-state index contributed by atoms with van der Waals surface area (Å²) in [4.78, 5) is 12.8. The smallest absolute Gasteiger partial charge is 0.306 e. The van der Waals surface area contributed by atoms with E-state index in [1.807, 2.05) is 0 Å². The lowest BCUT2D eigenvalue weighted by Gasteiger charge is -2.18. The van der Waals surface area contributed by atoms with E-state index in [4.69, 9.17) is 4.74 Å². The van der Waals surface area contributed by atoms with Crippen LogP contribution in [0, 0.1) is 0 Å². The van der Waals surface area contributed by atoms with Crippen LogP contribution in [-0.2, 0) is 9.53 Å². The van der Waals surface area contributed by atoms with Crippen LogP contribution in [0.3, 0.4) is 0 Å². The van der Waals surface area contributed by atoms with Gasteiger partial charge in [0.2, 0.25) is 0 Å². The first-order valence-corrected chi connectivity index (χ1v) is 22.9. The highest BCUT2D eigenvalue weighted by Crippen LogP contribution is 2.20. The third-order valence-electron chi connectivity index (χ3n) is 10.8. The lowest BCUT2D eigenvalue weighted by Crippen LogP contribution is -2.18. The van der Waals surface area contributed by atoms with Gasteiger partial charge in [-0.15, -0.1) is 0 Å². The van der Waals surface area contributed by atoms with Crippen molar-refractivity contribution in [1.29, 1.82) is 0 Å². The second-order valence-corrected chi connectivity index (χ2v) is 15.8. The molecule has 0 saturated heterocycles. The number of ether oxygens (including phenoxy) is 1. The number of esters is 1. The zero-order valence-electron chi connectivity index (χ0n) is 33.9. The molecule has 2 nitrogen and oxygen atoms in total. The number of hydrogen-bond donors (Lipinski definition) is 0. The van der Waals surface area contributed by atoms with E-state index in [-0.39, 0.29) is 12.1 Å². The molecular weight excluding hydrogens is 585 g/mol. The number of carbonyl (C=O) groups excluding carboxylic acids is 1. The maximum Gasteiger partial charge on any atom is 0.306 e. The molecule has 0 bridgehead atoms. The maximum absolute atomic E-state index is 12.8. The van der Waals surface area contributed by atoms with Gasteiger partial charge in [0.1, 0.15) is 6.10 Å². The summed E-state index contributed by atoms with van der Waals surface area (Å²) in [6, 6.07) is 0. The summed E-state index contributed by atoms with van der Waals surface area (Å²) >= 11 is 0. The normalized spacial score (nSPS) is 12.1. The maximum atomic E-state index is 12.8. The number of rotatable bonds is 42. The molecule has 0 aliphatic rings. The van der Waals surface area contributed by atoms with Gasteiger partial charge in [-0.05, 0) is 32.1 Å². The Morgan fingerprint density at radius 1 is 0.312 bits per heavy atom. The van der Waals surface area contributed by atoms with Crippen molar-refractivity contribution in [2.45, 2.75) is 290 Å². The minimum atomic E-state index is 0.0795. The molecule has 0 aliphatic heterocycles. The average Bonchev–Trinajstić information content (AvgIpc) is 3.09. The monoisotopic (exact) mass is 677 g/mol. The molecule has 0 aromatic heterocycles. The molecular formula is C46H92O2. The Bertz CT molecular complexity index is 587. The Morgan fingerprint density at radius 2 is 0.521 bits per heavy atom. The van der Waals surface area contributed by atoms with E-state index in [1.165, 1.54) is 238 Å². The molecule has 1 atom stereocenters. The van der Waals surface area contributed by atoms with Crippen molar-refractivity contribution in [3.8, 4) is 0 Å². The summed E-state index contributed by atoms with van der Waals surface area (Å²) in [5, 5.41) is 0. The first-order valence-electron chi connectivity index (χ1n) is 22.9. The van der Waals surface area contributed by atoms with Crippen LogP contribution in [-0.4, -0.2) is 12.1 Å². The third kappa shape index (κ3) is 39.9. The highest BCUT2D eigenvalue weighted by Gasteiger charge is 2.14. The zero-order valence-corrected chi connectivity index (χ0v) is 33.9. The van der Waals surface area contributed by atoms with Crippen molar-refractivity contribution in [3.05, 3.63) is 0 Å². The standard InChI is InChI=1S/C46H92O2/c1-4-7-10-13-16-19-22-24-25-26-29-31-34-37-40-43-45(42-39-36-33-30-28-23-20-17-14-11-8-5-2)48-46(47)44-41-38-35-32-27-21-18-15-12-9-6-3/h45H,4-44H2,1-3H3. The van der Waals surface area contributed by atoms with Gasteiger partial charge in [-0.2, -0.15) is 0 Å². The van der Waals surface area contributed by atoms with Gasteiger partial charge in [0.15, 0.2) is 0 Å². The summed E-state index contributed by atoms with van der Waals surface area (Å²) < 4.78 is 6.12. The Kier molecular flexibility index (Phi) is 42.2. The Balaban J connectivity index is 4.05. The fraction of sp³-hybridized carbons (Fsp3) is 0.978. The average molecular weight is 677 g/mol. The fourth-order valence-electron chi connectivity index (χ4n) is 7.40. The molecule has 0 heterocycles. The largest absolute Gasteiger partial charge is 0.462 e. The van der Waals surface area contributed by atoms with Gasteiger partial charge in [0, 0.05) is 6.42 Å². The van der Waals surface area contributed by atoms with E-state index >= 15 is 0 Å². The van der Waals surface area contributed by atoms with Gasteiger partial charge in [-0.25, -0.2) is 0 Å². The van der Waals surface area contributed by atoms with Crippen molar-refractivity contribution >= 4 is 5.97 Å². The number of carbonyl (C=O) groups is 1. The van der Waals surface area contributed by atoms with E-state index in [1.54, 1.807) is 0 Å². The second-order valence-electron chi connectivity index (χ2n) is 15.8. The highest BCUT2D eigenvalue weighted by molar-refractivity contribution is 5.69. The van der Waals surface area contributed by atoms with Crippen molar-refractivity contribution in [1.82, 2.24) is 0 Å². The van der Waals surface area contributed by atoms with Gasteiger partial charge >= 0.3 is 5.97 Å².